The van der Waals surface area contributed by atoms with Crippen LogP contribution in [-0.4, -0.2) is 44.0 Å². The second-order valence-electron chi connectivity index (χ2n) is 5.47. The van der Waals surface area contributed by atoms with Gasteiger partial charge in [-0.2, -0.15) is 5.10 Å². The minimum Gasteiger partial charge on any atom is -0.481 e. The molecule has 1 unspecified atom stereocenters. The minimum atomic E-state index is -1.16. The van der Waals surface area contributed by atoms with Crippen LogP contribution in [0.4, 0.5) is 10.5 Å². The van der Waals surface area contributed by atoms with Crippen molar-refractivity contribution in [3.05, 3.63) is 29.4 Å². The van der Waals surface area contributed by atoms with E-state index in [-0.39, 0.29) is 5.69 Å². The summed E-state index contributed by atoms with van der Waals surface area (Å²) in [5.74, 6) is -1.11. The molecule has 1 saturated heterocycles. The molecule has 0 aromatic carbocycles. The third-order valence-corrected chi connectivity index (χ3v) is 3.78. The van der Waals surface area contributed by atoms with E-state index in [9.17, 15) is 14.4 Å². The fourth-order valence-electron chi connectivity index (χ4n) is 2.53. The topological polar surface area (TPSA) is 131 Å². The van der Waals surface area contributed by atoms with Gasteiger partial charge >= 0.3 is 12.0 Å². The molecule has 1 aliphatic rings. The summed E-state index contributed by atoms with van der Waals surface area (Å²) in [5, 5.41) is 19.1. The highest BCUT2D eigenvalue weighted by atomic mass is 16.5. The Morgan fingerprint density at radius 2 is 2.17 bits per heavy atom. The van der Waals surface area contributed by atoms with Crippen LogP contribution in [0.5, 0.6) is 0 Å². The Kier molecular flexibility index (Phi) is 3.80. The molecule has 10 heteroatoms. The van der Waals surface area contributed by atoms with Gasteiger partial charge in [-0.1, -0.05) is 5.16 Å². The summed E-state index contributed by atoms with van der Waals surface area (Å²) in [6, 6.07) is -1.73. The molecule has 1 aliphatic heterocycles. The van der Waals surface area contributed by atoms with Crippen LogP contribution in [0.2, 0.25) is 0 Å². The van der Waals surface area contributed by atoms with Crippen LogP contribution in [0.25, 0.3) is 0 Å². The molecule has 0 spiro atoms. The molecular formula is C14H15N5O5. The lowest BCUT2D eigenvalue weighted by atomic mass is 10.2. The molecule has 10 nitrogen and oxygen atoms in total. The van der Waals surface area contributed by atoms with Crippen molar-refractivity contribution >= 4 is 23.6 Å². The van der Waals surface area contributed by atoms with Gasteiger partial charge in [-0.3, -0.25) is 14.3 Å². The Morgan fingerprint density at radius 1 is 1.42 bits per heavy atom. The van der Waals surface area contributed by atoms with Crippen molar-refractivity contribution in [2.24, 2.45) is 0 Å². The second kappa shape index (κ2) is 5.80. The number of imide groups is 1. The van der Waals surface area contributed by atoms with E-state index in [1.807, 2.05) is 6.92 Å². The van der Waals surface area contributed by atoms with E-state index in [1.165, 1.54) is 12.4 Å². The molecule has 3 heterocycles. The molecule has 3 rings (SSSR count). The number of carboxylic acids is 1. The van der Waals surface area contributed by atoms with Gasteiger partial charge in [0.25, 0.3) is 5.91 Å². The van der Waals surface area contributed by atoms with Crippen molar-refractivity contribution in [1.82, 2.24) is 20.3 Å². The Labute approximate surface area is 136 Å². The van der Waals surface area contributed by atoms with E-state index >= 15 is 0 Å². The van der Waals surface area contributed by atoms with E-state index in [1.54, 1.807) is 11.6 Å². The van der Waals surface area contributed by atoms with Gasteiger partial charge in [0.15, 0.2) is 0 Å². The molecule has 126 valence electrons. The SMILES string of the molecule is Cc1noc(C)c1Cn1cc(N2C(=O)NC(CC(=O)O)C2=O)cn1. The summed E-state index contributed by atoms with van der Waals surface area (Å²) in [4.78, 5) is 35.8. The summed E-state index contributed by atoms with van der Waals surface area (Å²) >= 11 is 0. The van der Waals surface area contributed by atoms with Crippen LogP contribution in [0, 0.1) is 13.8 Å². The number of aryl methyl sites for hydroxylation is 2. The smallest absolute Gasteiger partial charge is 0.329 e. The van der Waals surface area contributed by atoms with Crippen molar-refractivity contribution in [1.29, 1.82) is 0 Å². The van der Waals surface area contributed by atoms with Crippen LogP contribution < -0.4 is 10.2 Å². The second-order valence-corrected chi connectivity index (χ2v) is 5.47. The van der Waals surface area contributed by atoms with Gasteiger partial charge in [0.2, 0.25) is 0 Å². The van der Waals surface area contributed by atoms with Crippen molar-refractivity contribution < 1.29 is 24.0 Å². The number of carbonyl (C=O) groups excluding carboxylic acids is 2. The number of amides is 3. The van der Waals surface area contributed by atoms with Crippen LogP contribution in [0.3, 0.4) is 0 Å². The lowest BCUT2D eigenvalue weighted by Gasteiger charge is -2.09. The quantitative estimate of drug-likeness (QED) is 0.759. The number of rotatable bonds is 5. The molecule has 3 amide bonds. The average Bonchev–Trinajstić information content (AvgIpc) is 3.15. The number of nitrogens with one attached hydrogen (secondary N) is 1. The maximum atomic E-state index is 12.2. The summed E-state index contributed by atoms with van der Waals surface area (Å²) in [7, 11) is 0. The third-order valence-electron chi connectivity index (χ3n) is 3.78. The first-order chi connectivity index (χ1) is 11.4. The van der Waals surface area contributed by atoms with Crippen molar-refractivity contribution in [2.45, 2.75) is 32.9 Å². The number of hydrogen-bond donors (Lipinski definition) is 2. The highest BCUT2D eigenvalue weighted by Crippen LogP contribution is 2.21. The number of carbonyl (C=O) groups is 3. The molecule has 0 saturated carbocycles. The Morgan fingerprint density at radius 3 is 2.79 bits per heavy atom. The van der Waals surface area contributed by atoms with Crippen LogP contribution in [0.1, 0.15) is 23.4 Å². The highest BCUT2D eigenvalue weighted by Gasteiger charge is 2.40. The van der Waals surface area contributed by atoms with E-state index in [2.05, 4.69) is 15.6 Å². The summed E-state index contributed by atoms with van der Waals surface area (Å²) < 4.78 is 6.63. The van der Waals surface area contributed by atoms with E-state index in [4.69, 9.17) is 9.63 Å². The summed E-state index contributed by atoms with van der Waals surface area (Å²) in [5.41, 5.74) is 1.88. The zero-order valence-electron chi connectivity index (χ0n) is 13.0. The molecule has 0 aliphatic carbocycles. The number of carboxylic acid groups (broad SMARTS) is 1. The maximum Gasteiger partial charge on any atom is 0.329 e. The van der Waals surface area contributed by atoms with Gasteiger partial charge in [0.1, 0.15) is 11.8 Å². The molecular weight excluding hydrogens is 318 g/mol. The number of nitrogens with zero attached hydrogens (tertiary/aromatic N) is 4. The van der Waals surface area contributed by atoms with Gasteiger partial charge in [-0.25, -0.2) is 9.69 Å². The Balaban J connectivity index is 1.79. The molecule has 1 atom stereocenters. The first-order valence-corrected chi connectivity index (χ1v) is 7.17. The third kappa shape index (κ3) is 2.73. The van der Waals surface area contributed by atoms with Gasteiger partial charge in [-0.05, 0) is 13.8 Å². The predicted molar refractivity (Wildman–Crippen MR) is 79.4 cm³/mol. The standard InChI is InChI=1S/C14H15N5O5/c1-7-10(8(2)24-17-7)6-18-5-9(4-15-18)19-13(22)11(3-12(20)21)16-14(19)23/h4-5,11H,3,6H2,1-2H3,(H,16,23)(H,20,21). The normalized spacial score (nSPS) is 17.4. The minimum absolute atomic E-state index is 0.275. The molecule has 2 aromatic heterocycles. The van der Waals surface area contributed by atoms with Crippen LogP contribution >= 0.6 is 0 Å². The monoisotopic (exact) mass is 333 g/mol. The highest BCUT2D eigenvalue weighted by molar-refractivity contribution is 6.21. The van der Waals surface area contributed by atoms with Crippen LogP contribution in [-0.2, 0) is 16.1 Å². The first-order valence-electron chi connectivity index (χ1n) is 7.17. The number of urea groups is 1. The largest absolute Gasteiger partial charge is 0.481 e. The maximum absolute atomic E-state index is 12.2. The summed E-state index contributed by atoms with van der Waals surface area (Å²) in [6.45, 7) is 3.97. The van der Waals surface area contributed by atoms with Crippen LogP contribution in [0.15, 0.2) is 16.9 Å². The van der Waals surface area contributed by atoms with Gasteiger partial charge < -0.3 is 14.9 Å². The number of hydrogen-bond acceptors (Lipinski definition) is 6. The molecule has 1 fully saturated rings. The van der Waals surface area contributed by atoms with Crippen molar-refractivity contribution in [3.8, 4) is 0 Å². The summed E-state index contributed by atoms with van der Waals surface area (Å²) in [6.07, 6.45) is 2.44. The molecule has 24 heavy (non-hydrogen) atoms. The lowest BCUT2D eigenvalue weighted by Crippen LogP contribution is -2.32. The number of aliphatic carboxylic acids is 1. The van der Waals surface area contributed by atoms with Gasteiger partial charge in [0.05, 0.1) is 30.5 Å². The number of anilines is 1. The van der Waals surface area contributed by atoms with E-state index < -0.39 is 30.4 Å². The predicted octanol–water partition coefficient (Wildman–Crippen LogP) is 0.436. The van der Waals surface area contributed by atoms with E-state index in [0.717, 1.165) is 16.2 Å². The average molecular weight is 333 g/mol. The van der Waals surface area contributed by atoms with Gasteiger partial charge in [-0.15, -0.1) is 0 Å². The first kappa shape index (κ1) is 15.7. The Hall–Kier alpha value is -3.17. The fraction of sp³-hybridized carbons (Fsp3) is 0.357. The molecule has 2 N–H and O–H groups in total. The zero-order valence-corrected chi connectivity index (χ0v) is 13.0. The molecule has 0 bridgehead atoms. The lowest BCUT2D eigenvalue weighted by molar-refractivity contribution is -0.139. The van der Waals surface area contributed by atoms with Crippen molar-refractivity contribution in [3.63, 3.8) is 0 Å². The van der Waals surface area contributed by atoms with E-state index in [0.29, 0.717) is 12.3 Å². The van der Waals surface area contributed by atoms with Crippen molar-refractivity contribution in [2.75, 3.05) is 4.90 Å². The molecule has 0 radical (unpaired) electrons. The number of aromatic nitrogens is 3. The molecule has 2 aromatic rings. The fourth-order valence-corrected chi connectivity index (χ4v) is 2.53. The van der Waals surface area contributed by atoms with Gasteiger partial charge in [0, 0.05) is 11.8 Å². The zero-order chi connectivity index (χ0) is 17.4. The Bertz CT molecular complexity index is 804.